The van der Waals surface area contributed by atoms with Crippen molar-refractivity contribution in [3.8, 4) is 6.07 Å². The van der Waals surface area contributed by atoms with Gasteiger partial charge in [-0.15, -0.1) is 11.3 Å². The molecule has 0 saturated carbocycles. The van der Waals surface area contributed by atoms with Gasteiger partial charge < -0.3 is 19.7 Å². The maximum absolute atomic E-state index is 12.3. The van der Waals surface area contributed by atoms with Gasteiger partial charge >= 0.3 is 6.09 Å². The molecule has 1 aliphatic heterocycles. The Balaban J connectivity index is 1.36. The number of nitrogens with one attached hydrogen (secondary N) is 1. The lowest BCUT2D eigenvalue weighted by molar-refractivity contribution is -0.111. The van der Waals surface area contributed by atoms with Gasteiger partial charge in [0.1, 0.15) is 11.1 Å². The van der Waals surface area contributed by atoms with Crippen LogP contribution in [0.1, 0.15) is 28.0 Å². The first-order chi connectivity index (χ1) is 15.1. The van der Waals surface area contributed by atoms with Crippen molar-refractivity contribution in [3.63, 3.8) is 0 Å². The molecular formula is C22H23N3O4S2. The fourth-order valence-electron chi connectivity index (χ4n) is 3.72. The monoisotopic (exact) mass is 457 g/mol. The predicted octanol–water partition coefficient (Wildman–Crippen LogP) is 3.91. The van der Waals surface area contributed by atoms with E-state index in [4.69, 9.17) is 9.47 Å². The average molecular weight is 458 g/mol. The normalized spacial score (nSPS) is 18.4. The molecule has 1 saturated heterocycles. The zero-order chi connectivity index (χ0) is 21.6. The second-order valence-electron chi connectivity index (χ2n) is 7.48. The predicted molar refractivity (Wildman–Crippen MR) is 120 cm³/mol. The molecule has 9 heteroatoms. The second-order valence-corrected chi connectivity index (χ2v) is 9.37. The third-order valence-electron chi connectivity index (χ3n) is 5.40. The molecule has 0 spiro atoms. The molecule has 1 fully saturated rings. The molecular weight excluding hydrogens is 434 g/mol. The topological polar surface area (TPSA) is 91.7 Å². The van der Waals surface area contributed by atoms with E-state index < -0.39 is 0 Å². The van der Waals surface area contributed by atoms with Crippen molar-refractivity contribution in [3.05, 3.63) is 44.5 Å². The van der Waals surface area contributed by atoms with Crippen LogP contribution in [-0.4, -0.2) is 49.8 Å². The first kappa shape index (κ1) is 21.6. The van der Waals surface area contributed by atoms with Crippen LogP contribution in [0.25, 0.3) is 6.08 Å². The zero-order valence-electron chi connectivity index (χ0n) is 17.0. The number of thiophene rings is 2. The van der Waals surface area contributed by atoms with E-state index in [-0.39, 0.29) is 17.9 Å². The van der Waals surface area contributed by atoms with E-state index in [9.17, 15) is 14.9 Å². The molecule has 2 amide bonds. The maximum atomic E-state index is 12.3. The number of nitriles is 1. The van der Waals surface area contributed by atoms with Crippen LogP contribution in [0.3, 0.4) is 0 Å². The summed E-state index contributed by atoms with van der Waals surface area (Å²) in [6.07, 6.45) is 5.28. The highest BCUT2D eigenvalue weighted by atomic mass is 32.1. The molecule has 162 valence electrons. The van der Waals surface area contributed by atoms with Crippen molar-refractivity contribution in [1.82, 2.24) is 4.90 Å². The Kier molecular flexibility index (Phi) is 7.02. The highest BCUT2D eigenvalue weighted by Crippen LogP contribution is 2.39. The van der Waals surface area contributed by atoms with Gasteiger partial charge in [0.25, 0.3) is 0 Å². The Morgan fingerprint density at radius 3 is 2.97 bits per heavy atom. The van der Waals surface area contributed by atoms with Gasteiger partial charge in [0, 0.05) is 24.0 Å². The summed E-state index contributed by atoms with van der Waals surface area (Å²) in [6, 6.07) is 4.19. The number of rotatable bonds is 5. The molecule has 1 atom stereocenters. The summed E-state index contributed by atoms with van der Waals surface area (Å²) < 4.78 is 10.8. The quantitative estimate of drug-likeness (QED) is 0.688. The lowest BCUT2D eigenvalue weighted by Crippen LogP contribution is -2.41. The van der Waals surface area contributed by atoms with E-state index in [0.29, 0.717) is 43.5 Å². The number of amides is 2. The van der Waals surface area contributed by atoms with Crippen LogP contribution in [0.15, 0.2) is 22.9 Å². The standard InChI is InChI=1S/C22H23N3O4S2/c23-12-18-17-3-1-16(13-29-22(27)25-6-8-28-9-7-25)11-19(17)31-21(18)24-20(26)4-2-15-5-10-30-14-15/h2,4-5,10,14,16H,1,3,6-9,11,13H2,(H,24,26)/b4-2+. The number of morpholine rings is 1. The first-order valence-corrected chi connectivity index (χ1v) is 12.0. The highest BCUT2D eigenvalue weighted by molar-refractivity contribution is 7.16. The van der Waals surface area contributed by atoms with Crippen molar-refractivity contribution in [2.75, 3.05) is 38.2 Å². The van der Waals surface area contributed by atoms with Gasteiger partial charge in [-0.1, -0.05) is 0 Å². The summed E-state index contributed by atoms with van der Waals surface area (Å²) in [6.45, 7) is 2.58. The van der Waals surface area contributed by atoms with Gasteiger partial charge in [0.05, 0.1) is 25.4 Å². The SMILES string of the molecule is N#Cc1c(NC(=O)/C=C/c2ccsc2)sc2c1CCC(COC(=O)N1CCOCC1)C2. The minimum Gasteiger partial charge on any atom is -0.449 e. The largest absolute Gasteiger partial charge is 0.449 e. The van der Waals surface area contributed by atoms with Gasteiger partial charge in [-0.2, -0.15) is 16.6 Å². The smallest absolute Gasteiger partial charge is 0.409 e. The number of fused-ring (bicyclic) bond motifs is 1. The number of hydrogen-bond acceptors (Lipinski definition) is 7. The zero-order valence-corrected chi connectivity index (χ0v) is 18.6. The number of ether oxygens (including phenoxy) is 2. The van der Waals surface area contributed by atoms with Gasteiger partial charge in [0.15, 0.2) is 0 Å². The summed E-state index contributed by atoms with van der Waals surface area (Å²) in [5, 5.41) is 17.0. The molecule has 1 aliphatic carbocycles. The van der Waals surface area contributed by atoms with Gasteiger partial charge in [0.2, 0.25) is 5.91 Å². The van der Waals surface area contributed by atoms with Crippen LogP contribution in [0.4, 0.5) is 9.80 Å². The second kappa shape index (κ2) is 10.1. The van der Waals surface area contributed by atoms with E-state index >= 15 is 0 Å². The lowest BCUT2D eigenvalue weighted by atomic mass is 9.88. The van der Waals surface area contributed by atoms with E-state index in [1.807, 2.05) is 16.8 Å². The molecule has 3 heterocycles. The summed E-state index contributed by atoms with van der Waals surface area (Å²) in [7, 11) is 0. The lowest BCUT2D eigenvalue weighted by Gasteiger charge is -2.27. The van der Waals surface area contributed by atoms with E-state index in [0.717, 1.165) is 35.3 Å². The van der Waals surface area contributed by atoms with Gasteiger partial charge in [-0.05, 0) is 59.2 Å². The van der Waals surface area contributed by atoms with Crippen LogP contribution in [-0.2, 0) is 27.1 Å². The fraction of sp³-hybridized carbons (Fsp3) is 0.409. The Morgan fingerprint density at radius 1 is 1.39 bits per heavy atom. The van der Waals surface area contributed by atoms with Crippen molar-refractivity contribution >= 4 is 45.8 Å². The molecule has 1 N–H and O–H groups in total. The molecule has 2 aromatic rings. The number of nitrogens with zero attached hydrogens (tertiary/aromatic N) is 2. The third kappa shape index (κ3) is 5.34. The Labute approximate surface area is 188 Å². The van der Waals surface area contributed by atoms with Crippen molar-refractivity contribution in [1.29, 1.82) is 5.26 Å². The molecule has 4 rings (SSSR count). The van der Waals surface area contributed by atoms with Crippen LogP contribution in [0.5, 0.6) is 0 Å². The van der Waals surface area contributed by atoms with Gasteiger partial charge in [-0.3, -0.25) is 4.79 Å². The summed E-state index contributed by atoms with van der Waals surface area (Å²) in [5.41, 5.74) is 2.54. The van der Waals surface area contributed by atoms with E-state index in [1.54, 1.807) is 22.3 Å². The van der Waals surface area contributed by atoms with Crippen molar-refractivity contribution < 1.29 is 19.1 Å². The number of carbonyl (C=O) groups is 2. The molecule has 2 aromatic heterocycles. The first-order valence-electron chi connectivity index (χ1n) is 10.2. The highest BCUT2D eigenvalue weighted by Gasteiger charge is 2.28. The molecule has 0 radical (unpaired) electrons. The summed E-state index contributed by atoms with van der Waals surface area (Å²) in [5.74, 6) is -0.0398. The molecule has 1 unspecified atom stereocenters. The van der Waals surface area contributed by atoms with Crippen LogP contribution in [0, 0.1) is 17.2 Å². The molecule has 2 aliphatic rings. The summed E-state index contributed by atoms with van der Waals surface area (Å²) >= 11 is 3.02. The minimum absolute atomic E-state index is 0.213. The molecule has 0 aromatic carbocycles. The Morgan fingerprint density at radius 2 is 2.23 bits per heavy atom. The van der Waals surface area contributed by atoms with E-state index in [2.05, 4.69) is 11.4 Å². The van der Waals surface area contributed by atoms with Gasteiger partial charge in [-0.25, -0.2) is 4.79 Å². The molecule has 31 heavy (non-hydrogen) atoms. The Bertz CT molecular complexity index is 1000. The average Bonchev–Trinajstić information content (AvgIpc) is 3.43. The number of hydrogen-bond donors (Lipinski definition) is 1. The third-order valence-corrected chi connectivity index (χ3v) is 7.27. The van der Waals surface area contributed by atoms with Crippen molar-refractivity contribution in [2.24, 2.45) is 5.92 Å². The number of anilines is 1. The number of carbonyl (C=O) groups excluding carboxylic acids is 2. The minimum atomic E-state index is -0.289. The van der Waals surface area contributed by atoms with Crippen molar-refractivity contribution in [2.45, 2.75) is 19.3 Å². The maximum Gasteiger partial charge on any atom is 0.409 e. The van der Waals surface area contributed by atoms with Crippen LogP contribution >= 0.6 is 22.7 Å². The molecule has 0 bridgehead atoms. The summed E-state index contributed by atoms with van der Waals surface area (Å²) in [4.78, 5) is 27.3. The van der Waals surface area contributed by atoms with E-state index in [1.165, 1.54) is 17.4 Å². The Hall–Kier alpha value is -2.67. The van der Waals surface area contributed by atoms with Crippen LogP contribution < -0.4 is 5.32 Å². The fourth-order valence-corrected chi connectivity index (χ4v) is 5.67. The van der Waals surface area contributed by atoms with Crippen LogP contribution in [0.2, 0.25) is 0 Å². The molecule has 7 nitrogen and oxygen atoms in total.